The van der Waals surface area contributed by atoms with Gasteiger partial charge in [0.1, 0.15) is 0 Å². The summed E-state index contributed by atoms with van der Waals surface area (Å²) >= 11 is 3.52. The quantitative estimate of drug-likeness (QED) is 0.847. The molecule has 0 aliphatic carbocycles. The van der Waals surface area contributed by atoms with E-state index in [1.165, 1.54) is 0 Å². The van der Waals surface area contributed by atoms with Crippen molar-refractivity contribution in [3.63, 3.8) is 0 Å². The highest BCUT2D eigenvalue weighted by Crippen LogP contribution is 2.28. The largest absolute Gasteiger partial charge is 0.388 e. The number of rotatable bonds is 3. The molecule has 0 aliphatic rings. The first-order valence-corrected chi connectivity index (χ1v) is 7.58. The second kappa shape index (κ2) is 6.31. The average molecular weight is 347 g/mol. The Morgan fingerprint density at radius 1 is 1.05 bits per heavy atom. The van der Waals surface area contributed by atoms with E-state index in [0.717, 1.165) is 32.5 Å². The number of amides is 1. The fraction of sp³-hybridized carbons (Fsp3) is 0.235. The van der Waals surface area contributed by atoms with Crippen molar-refractivity contribution in [2.45, 2.75) is 20.8 Å². The molecule has 21 heavy (non-hydrogen) atoms. The van der Waals surface area contributed by atoms with Gasteiger partial charge in [-0.1, -0.05) is 6.07 Å². The third-order valence-corrected chi connectivity index (χ3v) is 4.06. The average Bonchev–Trinajstić information content (AvgIpc) is 2.42. The lowest BCUT2D eigenvalue weighted by atomic mass is 10.1. The van der Waals surface area contributed by atoms with Crippen LogP contribution in [0.1, 0.15) is 27.0 Å². The second-order valence-electron chi connectivity index (χ2n) is 5.17. The van der Waals surface area contributed by atoms with Gasteiger partial charge in [0.15, 0.2) is 0 Å². The van der Waals surface area contributed by atoms with Crippen molar-refractivity contribution >= 4 is 33.2 Å². The number of hydrogen-bond donors (Lipinski definition) is 2. The lowest BCUT2D eigenvalue weighted by Gasteiger charge is -2.13. The van der Waals surface area contributed by atoms with Gasteiger partial charge in [-0.15, -0.1) is 0 Å². The molecule has 0 bridgehead atoms. The van der Waals surface area contributed by atoms with Crippen molar-refractivity contribution in [3.05, 3.63) is 57.1 Å². The number of anilines is 2. The summed E-state index contributed by atoms with van der Waals surface area (Å²) in [6.45, 7) is 5.96. The van der Waals surface area contributed by atoms with Gasteiger partial charge in [0, 0.05) is 22.8 Å². The van der Waals surface area contributed by atoms with Crippen molar-refractivity contribution in [1.82, 2.24) is 0 Å². The lowest BCUT2D eigenvalue weighted by Crippen LogP contribution is -2.15. The summed E-state index contributed by atoms with van der Waals surface area (Å²) in [5, 5.41) is 6.06. The Kier molecular flexibility index (Phi) is 4.68. The first kappa shape index (κ1) is 15.6. The molecule has 110 valence electrons. The SMILES string of the molecule is CNc1ccc(C(=O)Nc2c(C)cc(C)cc2Br)c(C)c1. The summed E-state index contributed by atoms with van der Waals surface area (Å²) in [4.78, 5) is 12.5. The molecule has 0 aromatic heterocycles. The molecular formula is C17H19BrN2O. The van der Waals surface area contributed by atoms with Crippen LogP contribution in [0.3, 0.4) is 0 Å². The van der Waals surface area contributed by atoms with E-state index >= 15 is 0 Å². The predicted molar refractivity (Wildman–Crippen MR) is 92.3 cm³/mol. The number of carbonyl (C=O) groups excluding carboxylic acids is 1. The minimum atomic E-state index is -0.0946. The van der Waals surface area contributed by atoms with Crippen LogP contribution in [0, 0.1) is 20.8 Å². The molecular weight excluding hydrogens is 328 g/mol. The maximum atomic E-state index is 12.5. The number of aryl methyl sites for hydroxylation is 3. The second-order valence-corrected chi connectivity index (χ2v) is 6.03. The van der Waals surface area contributed by atoms with Crippen LogP contribution in [0.15, 0.2) is 34.8 Å². The Bertz CT molecular complexity index is 672. The smallest absolute Gasteiger partial charge is 0.255 e. The molecule has 0 unspecified atom stereocenters. The van der Waals surface area contributed by atoms with Gasteiger partial charge in [-0.25, -0.2) is 0 Å². The molecule has 0 atom stereocenters. The van der Waals surface area contributed by atoms with E-state index in [9.17, 15) is 4.79 Å². The zero-order chi connectivity index (χ0) is 15.6. The monoisotopic (exact) mass is 346 g/mol. The Hall–Kier alpha value is -1.81. The van der Waals surface area contributed by atoms with E-state index in [4.69, 9.17) is 0 Å². The third kappa shape index (κ3) is 3.45. The lowest BCUT2D eigenvalue weighted by molar-refractivity contribution is 0.102. The summed E-state index contributed by atoms with van der Waals surface area (Å²) < 4.78 is 0.901. The van der Waals surface area contributed by atoms with Crippen molar-refractivity contribution in [1.29, 1.82) is 0 Å². The highest BCUT2D eigenvalue weighted by molar-refractivity contribution is 9.10. The van der Waals surface area contributed by atoms with E-state index in [2.05, 4.69) is 32.6 Å². The molecule has 0 aliphatic heterocycles. The minimum Gasteiger partial charge on any atom is -0.388 e. The van der Waals surface area contributed by atoms with Gasteiger partial charge in [-0.3, -0.25) is 4.79 Å². The Morgan fingerprint density at radius 2 is 1.76 bits per heavy atom. The number of hydrogen-bond acceptors (Lipinski definition) is 2. The summed E-state index contributed by atoms with van der Waals surface area (Å²) in [6.07, 6.45) is 0. The van der Waals surface area contributed by atoms with Crippen LogP contribution in [0.5, 0.6) is 0 Å². The minimum absolute atomic E-state index is 0.0946. The fourth-order valence-corrected chi connectivity index (χ4v) is 3.10. The van der Waals surface area contributed by atoms with E-state index in [-0.39, 0.29) is 5.91 Å². The van der Waals surface area contributed by atoms with Gasteiger partial charge in [0.2, 0.25) is 0 Å². The summed E-state index contributed by atoms with van der Waals surface area (Å²) in [6, 6.07) is 9.76. The van der Waals surface area contributed by atoms with Gasteiger partial charge in [-0.2, -0.15) is 0 Å². The molecule has 0 saturated heterocycles. The van der Waals surface area contributed by atoms with Crippen LogP contribution in [-0.2, 0) is 0 Å². The van der Waals surface area contributed by atoms with Crippen LogP contribution in [0.4, 0.5) is 11.4 Å². The maximum absolute atomic E-state index is 12.5. The van der Waals surface area contributed by atoms with Gasteiger partial charge in [-0.05, 0) is 77.7 Å². The molecule has 2 aromatic carbocycles. The predicted octanol–water partition coefficient (Wildman–Crippen LogP) is 4.67. The standard InChI is InChI=1S/C17H19BrN2O/c1-10-7-12(3)16(15(18)8-10)20-17(21)14-6-5-13(19-4)9-11(14)2/h5-9,19H,1-4H3,(H,20,21). The summed E-state index contributed by atoms with van der Waals surface area (Å²) in [7, 11) is 1.86. The van der Waals surface area contributed by atoms with Crippen molar-refractivity contribution in [2.75, 3.05) is 17.7 Å². The van der Waals surface area contributed by atoms with E-state index < -0.39 is 0 Å². The van der Waals surface area contributed by atoms with E-state index in [1.54, 1.807) is 0 Å². The molecule has 1 amide bonds. The van der Waals surface area contributed by atoms with Gasteiger partial charge < -0.3 is 10.6 Å². The molecule has 2 rings (SSSR count). The van der Waals surface area contributed by atoms with Crippen molar-refractivity contribution < 1.29 is 4.79 Å². The molecule has 0 fully saturated rings. The molecule has 3 nitrogen and oxygen atoms in total. The first-order valence-electron chi connectivity index (χ1n) is 6.79. The van der Waals surface area contributed by atoms with Gasteiger partial charge >= 0.3 is 0 Å². The zero-order valence-corrected chi connectivity index (χ0v) is 14.3. The normalized spacial score (nSPS) is 10.3. The van der Waals surface area contributed by atoms with Crippen molar-refractivity contribution in [3.8, 4) is 0 Å². The fourth-order valence-electron chi connectivity index (χ4n) is 2.33. The molecule has 4 heteroatoms. The molecule has 0 saturated carbocycles. The van der Waals surface area contributed by atoms with E-state index in [0.29, 0.717) is 5.56 Å². The molecule has 2 aromatic rings. The Balaban J connectivity index is 2.30. The topological polar surface area (TPSA) is 41.1 Å². The van der Waals surface area contributed by atoms with Crippen LogP contribution >= 0.6 is 15.9 Å². The Morgan fingerprint density at radius 3 is 2.33 bits per heavy atom. The Labute approximate surface area is 133 Å². The van der Waals surface area contributed by atoms with Crippen LogP contribution in [-0.4, -0.2) is 13.0 Å². The number of benzene rings is 2. The highest BCUT2D eigenvalue weighted by atomic mass is 79.9. The van der Waals surface area contributed by atoms with Crippen molar-refractivity contribution in [2.24, 2.45) is 0 Å². The molecule has 0 heterocycles. The van der Waals surface area contributed by atoms with Crippen LogP contribution in [0.2, 0.25) is 0 Å². The summed E-state index contributed by atoms with van der Waals surface area (Å²) in [5.41, 5.74) is 5.65. The van der Waals surface area contributed by atoms with Crippen LogP contribution < -0.4 is 10.6 Å². The van der Waals surface area contributed by atoms with Gasteiger partial charge in [0.05, 0.1) is 5.69 Å². The maximum Gasteiger partial charge on any atom is 0.255 e. The zero-order valence-electron chi connectivity index (χ0n) is 12.7. The third-order valence-electron chi connectivity index (χ3n) is 3.43. The van der Waals surface area contributed by atoms with Crippen LogP contribution in [0.25, 0.3) is 0 Å². The number of halogens is 1. The van der Waals surface area contributed by atoms with Gasteiger partial charge in [0.25, 0.3) is 5.91 Å². The number of nitrogens with one attached hydrogen (secondary N) is 2. The molecule has 0 spiro atoms. The number of carbonyl (C=O) groups is 1. The first-order chi connectivity index (χ1) is 9.92. The molecule has 2 N–H and O–H groups in total. The molecule has 0 radical (unpaired) electrons. The highest BCUT2D eigenvalue weighted by Gasteiger charge is 2.13. The summed E-state index contributed by atoms with van der Waals surface area (Å²) in [5.74, 6) is -0.0946. The van der Waals surface area contributed by atoms with E-state index in [1.807, 2.05) is 52.1 Å².